The summed E-state index contributed by atoms with van der Waals surface area (Å²) in [6.07, 6.45) is 3.40. The van der Waals surface area contributed by atoms with Crippen molar-refractivity contribution in [2.75, 3.05) is 6.61 Å². The molecule has 7 nitrogen and oxygen atoms in total. The molecule has 1 saturated carbocycles. The van der Waals surface area contributed by atoms with E-state index in [9.17, 15) is 14.4 Å². The van der Waals surface area contributed by atoms with Crippen molar-refractivity contribution in [3.8, 4) is 0 Å². The van der Waals surface area contributed by atoms with Crippen LogP contribution >= 0.6 is 0 Å². The first-order valence-corrected chi connectivity index (χ1v) is 6.84. The van der Waals surface area contributed by atoms with Gasteiger partial charge in [0.1, 0.15) is 6.61 Å². The molecule has 0 bridgehead atoms. The predicted molar refractivity (Wildman–Crippen MR) is 70.7 cm³/mol. The molecule has 114 valence electrons. The molecular weight excluding hydrogens is 264 g/mol. The summed E-state index contributed by atoms with van der Waals surface area (Å²) in [7, 11) is 0. The van der Waals surface area contributed by atoms with Gasteiger partial charge in [-0.1, -0.05) is 12.8 Å². The standard InChI is InChI=1S/C13H22N2O5/c1-8(15-12(18)10(14)6-11(16)17)7-20-13(19)9-4-2-3-5-9/h8-10H,2-7,14H2,1H3,(H,15,18)(H,16,17)/t8-,10+/m0/s1. The average molecular weight is 286 g/mol. The molecule has 0 aromatic heterocycles. The molecule has 0 aromatic carbocycles. The van der Waals surface area contributed by atoms with E-state index in [1.54, 1.807) is 6.92 Å². The van der Waals surface area contributed by atoms with E-state index in [1.165, 1.54) is 0 Å². The van der Waals surface area contributed by atoms with Crippen LogP contribution in [0.4, 0.5) is 0 Å². The quantitative estimate of drug-likeness (QED) is 0.568. The molecule has 1 fully saturated rings. The topological polar surface area (TPSA) is 119 Å². The molecule has 0 spiro atoms. The number of amides is 1. The van der Waals surface area contributed by atoms with Crippen LogP contribution in [0.25, 0.3) is 0 Å². The van der Waals surface area contributed by atoms with Crippen molar-refractivity contribution in [2.24, 2.45) is 11.7 Å². The molecule has 0 unspecified atom stereocenters. The number of nitrogens with two attached hydrogens (primary N) is 1. The highest BCUT2D eigenvalue weighted by molar-refractivity contribution is 5.86. The third kappa shape index (κ3) is 5.56. The van der Waals surface area contributed by atoms with Crippen molar-refractivity contribution in [3.63, 3.8) is 0 Å². The van der Waals surface area contributed by atoms with Crippen LogP contribution in [-0.2, 0) is 19.1 Å². The fraction of sp³-hybridized carbons (Fsp3) is 0.769. The number of carbonyl (C=O) groups is 3. The summed E-state index contributed by atoms with van der Waals surface area (Å²) < 4.78 is 5.14. The normalized spacial score (nSPS) is 18.3. The molecule has 1 amide bonds. The minimum Gasteiger partial charge on any atom is -0.481 e. The molecule has 0 aromatic rings. The Kier molecular flexibility index (Phi) is 6.44. The maximum Gasteiger partial charge on any atom is 0.309 e. The van der Waals surface area contributed by atoms with Gasteiger partial charge in [-0.15, -0.1) is 0 Å². The number of rotatable bonds is 7. The van der Waals surface area contributed by atoms with E-state index in [0.29, 0.717) is 0 Å². The summed E-state index contributed by atoms with van der Waals surface area (Å²) in [4.78, 5) is 33.7. The van der Waals surface area contributed by atoms with Gasteiger partial charge in [-0.25, -0.2) is 0 Å². The third-order valence-electron chi connectivity index (χ3n) is 3.28. The van der Waals surface area contributed by atoms with Gasteiger partial charge in [-0.3, -0.25) is 14.4 Å². The van der Waals surface area contributed by atoms with Gasteiger partial charge in [0.05, 0.1) is 24.4 Å². The van der Waals surface area contributed by atoms with E-state index in [4.69, 9.17) is 15.6 Å². The van der Waals surface area contributed by atoms with Gasteiger partial charge in [-0.2, -0.15) is 0 Å². The Morgan fingerprint density at radius 1 is 1.35 bits per heavy atom. The molecule has 0 radical (unpaired) electrons. The Balaban J connectivity index is 2.25. The van der Waals surface area contributed by atoms with Crippen LogP contribution in [0, 0.1) is 5.92 Å². The monoisotopic (exact) mass is 286 g/mol. The molecule has 2 atom stereocenters. The lowest BCUT2D eigenvalue weighted by Gasteiger charge is -2.17. The Hall–Kier alpha value is -1.63. The highest BCUT2D eigenvalue weighted by atomic mass is 16.5. The Bertz CT molecular complexity index is 366. The molecule has 20 heavy (non-hydrogen) atoms. The minimum atomic E-state index is -1.13. The Morgan fingerprint density at radius 2 is 1.95 bits per heavy atom. The summed E-state index contributed by atoms with van der Waals surface area (Å²) in [5.74, 6) is -1.93. The van der Waals surface area contributed by atoms with Gasteiger partial charge < -0.3 is 20.9 Å². The van der Waals surface area contributed by atoms with Crippen molar-refractivity contribution in [3.05, 3.63) is 0 Å². The lowest BCUT2D eigenvalue weighted by Crippen LogP contribution is -2.47. The van der Waals surface area contributed by atoms with E-state index < -0.39 is 30.4 Å². The van der Waals surface area contributed by atoms with Gasteiger partial charge in [-0.05, 0) is 19.8 Å². The maximum atomic E-state index is 11.7. The zero-order valence-electron chi connectivity index (χ0n) is 11.6. The largest absolute Gasteiger partial charge is 0.481 e. The van der Waals surface area contributed by atoms with Crippen molar-refractivity contribution in [1.29, 1.82) is 0 Å². The molecule has 0 heterocycles. The predicted octanol–water partition coefficient (Wildman–Crippen LogP) is 0.0265. The second kappa shape index (κ2) is 7.84. The highest BCUT2D eigenvalue weighted by Crippen LogP contribution is 2.25. The highest BCUT2D eigenvalue weighted by Gasteiger charge is 2.25. The van der Waals surface area contributed by atoms with Crippen molar-refractivity contribution in [2.45, 2.75) is 51.1 Å². The summed E-state index contributed by atoms with van der Waals surface area (Å²) in [6, 6.07) is -1.49. The molecule has 1 aliphatic carbocycles. The van der Waals surface area contributed by atoms with Crippen molar-refractivity contribution >= 4 is 17.8 Å². The van der Waals surface area contributed by atoms with Crippen molar-refractivity contribution in [1.82, 2.24) is 5.32 Å². The Labute approximate surface area is 117 Å². The fourth-order valence-electron chi connectivity index (χ4n) is 2.16. The fourth-order valence-corrected chi connectivity index (χ4v) is 2.16. The Morgan fingerprint density at radius 3 is 2.50 bits per heavy atom. The number of ether oxygens (including phenoxy) is 1. The number of aliphatic carboxylic acids is 1. The molecule has 1 rings (SSSR count). The van der Waals surface area contributed by atoms with Crippen LogP contribution in [0.1, 0.15) is 39.0 Å². The second-order valence-corrected chi connectivity index (χ2v) is 5.23. The molecular formula is C13H22N2O5. The van der Waals surface area contributed by atoms with Crippen LogP contribution in [0.5, 0.6) is 0 Å². The zero-order valence-corrected chi connectivity index (χ0v) is 11.6. The number of hydrogen-bond donors (Lipinski definition) is 3. The lowest BCUT2D eigenvalue weighted by atomic mass is 10.1. The molecule has 1 aliphatic rings. The van der Waals surface area contributed by atoms with E-state index in [1.807, 2.05) is 0 Å². The van der Waals surface area contributed by atoms with Crippen LogP contribution in [0.15, 0.2) is 0 Å². The van der Waals surface area contributed by atoms with E-state index in [2.05, 4.69) is 5.32 Å². The molecule has 4 N–H and O–H groups in total. The zero-order chi connectivity index (χ0) is 15.1. The number of carboxylic acids is 1. The second-order valence-electron chi connectivity index (χ2n) is 5.23. The van der Waals surface area contributed by atoms with Gasteiger partial charge >= 0.3 is 11.9 Å². The minimum absolute atomic E-state index is 0.0211. The molecule has 7 heteroatoms. The van der Waals surface area contributed by atoms with E-state index in [0.717, 1.165) is 25.7 Å². The number of hydrogen-bond acceptors (Lipinski definition) is 5. The van der Waals surface area contributed by atoms with Crippen LogP contribution < -0.4 is 11.1 Å². The third-order valence-corrected chi connectivity index (χ3v) is 3.28. The lowest BCUT2D eigenvalue weighted by molar-refractivity contribution is -0.149. The first-order valence-electron chi connectivity index (χ1n) is 6.84. The number of esters is 1. The summed E-state index contributed by atoms with van der Waals surface area (Å²) in [6.45, 7) is 1.74. The van der Waals surface area contributed by atoms with E-state index in [-0.39, 0.29) is 18.5 Å². The number of carboxylic acid groups (broad SMARTS) is 1. The van der Waals surface area contributed by atoms with Crippen molar-refractivity contribution < 1.29 is 24.2 Å². The first-order chi connectivity index (χ1) is 9.40. The molecule has 0 saturated heterocycles. The van der Waals surface area contributed by atoms with Gasteiger partial charge in [0.2, 0.25) is 5.91 Å². The summed E-state index contributed by atoms with van der Waals surface area (Å²) in [5, 5.41) is 11.1. The summed E-state index contributed by atoms with van der Waals surface area (Å²) >= 11 is 0. The average Bonchev–Trinajstić information content (AvgIpc) is 2.88. The summed E-state index contributed by atoms with van der Waals surface area (Å²) in [5.41, 5.74) is 5.42. The van der Waals surface area contributed by atoms with Gasteiger partial charge in [0.25, 0.3) is 0 Å². The van der Waals surface area contributed by atoms with Crippen LogP contribution in [0.3, 0.4) is 0 Å². The smallest absolute Gasteiger partial charge is 0.309 e. The number of carbonyl (C=O) groups excluding carboxylic acids is 2. The first kappa shape index (κ1) is 16.4. The van der Waals surface area contributed by atoms with Crippen LogP contribution in [0.2, 0.25) is 0 Å². The maximum absolute atomic E-state index is 11.7. The van der Waals surface area contributed by atoms with Gasteiger partial charge in [0.15, 0.2) is 0 Å². The SMILES string of the molecule is C[C@@H](COC(=O)C1CCCC1)NC(=O)[C@H](N)CC(=O)O. The van der Waals surface area contributed by atoms with Gasteiger partial charge in [0, 0.05) is 0 Å². The van der Waals surface area contributed by atoms with Crippen LogP contribution in [-0.4, -0.2) is 41.6 Å². The van der Waals surface area contributed by atoms with E-state index >= 15 is 0 Å². The molecule has 0 aliphatic heterocycles. The number of nitrogens with one attached hydrogen (secondary N) is 1.